The number of rotatable bonds is 6. The van der Waals surface area contributed by atoms with Gasteiger partial charge >= 0.3 is 5.97 Å². The summed E-state index contributed by atoms with van der Waals surface area (Å²) in [4.78, 5) is 25.0. The average Bonchev–Trinajstić information content (AvgIpc) is 3.18. The molecule has 1 saturated heterocycles. The summed E-state index contributed by atoms with van der Waals surface area (Å²) < 4.78 is 54.2. The highest BCUT2D eigenvalue weighted by Crippen LogP contribution is 2.29. The SMILES string of the molecule is Cc1cc(C(=O)OCC(=O)c2cc(C)n(C3CCS(=O)(=O)C3)c2C)cc(S(N)(=O)=O)c1C. The molecule has 2 N–H and O–H groups in total. The number of carbonyl (C=O) groups is 2. The molecule has 1 aromatic carbocycles. The molecule has 2 heterocycles. The number of sulfone groups is 1. The van der Waals surface area contributed by atoms with Crippen LogP contribution < -0.4 is 5.14 Å². The van der Waals surface area contributed by atoms with Crippen LogP contribution in [0.2, 0.25) is 0 Å². The van der Waals surface area contributed by atoms with Crippen molar-refractivity contribution in [3.8, 4) is 0 Å². The van der Waals surface area contributed by atoms with Crippen LogP contribution in [0.4, 0.5) is 0 Å². The number of ketones is 1. The van der Waals surface area contributed by atoms with Gasteiger partial charge in [0.1, 0.15) is 0 Å². The molecule has 32 heavy (non-hydrogen) atoms. The Labute approximate surface area is 187 Å². The van der Waals surface area contributed by atoms with Crippen molar-refractivity contribution in [3.63, 3.8) is 0 Å². The molecule has 0 saturated carbocycles. The van der Waals surface area contributed by atoms with E-state index in [1.807, 2.05) is 4.57 Å². The van der Waals surface area contributed by atoms with E-state index < -0.39 is 38.2 Å². The topological polar surface area (TPSA) is 143 Å². The fourth-order valence-electron chi connectivity index (χ4n) is 4.13. The van der Waals surface area contributed by atoms with Crippen molar-refractivity contribution in [1.29, 1.82) is 0 Å². The van der Waals surface area contributed by atoms with Crippen LogP contribution in [0.15, 0.2) is 23.1 Å². The van der Waals surface area contributed by atoms with E-state index in [1.54, 1.807) is 33.8 Å². The van der Waals surface area contributed by atoms with Crippen LogP contribution in [0.3, 0.4) is 0 Å². The smallest absolute Gasteiger partial charge is 0.338 e. The van der Waals surface area contributed by atoms with Gasteiger partial charge in [0.15, 0.2) is 16.4 Å². The number of hydrogen-bond acceptors (Lipinski definition) is 7. The average molecular weight is 483 g/mol. The molecule has 3 rings (SSSR count). The Morgan fingerprint density at radius 1 is 1.16 bits per heavy atom. The van der Waals surface area contributed by atoms with E-state index in [-0.39, 0.29) is 28.0 Å². The highest BCUT2D eigenvalue weighted by atomic mass is 32.2. The first kappa shape index (κ1) is 24.1. The lowest BCUT2D eigenvalue weighted by atomic mass is 10.1. The number of nitrogens with two attached hydrogens (primary N) is 1. The molecule has 0 spiro atoms. The minimum absolute atomic E-state index is 0.0217. The van der Waals surface area contributed by atoms with E-state index in [4.69, 9.17) is 9.88 Å². The van der Waals surface area contributed by atoms with Gasteiger partial charge < -0.3 is 9.30 Å². The molecule has 2 aromatic rings. The second kappa shape index (κ2) is 8.45. The second-order valence-electron chi connectivity index (χ2n) is 8.17. The number of primary sulfonamides is 1. The van der Waals surface area contributed by atoms with Crippen LogP contribution in [0, 0.1) is 27.7 Å². The van der Waals surface area contributed by atoms with Gasteiger partial charge in [-0.15, -0.1) is 0 Å². The van der Waals surface area contributed by atoms with E-state index in [0.29, 0.717) is 28.8 Å². The van der Waals surface area contributed by atoms with E-state index in [1.165, 1.54) is 6.07 Å². The third-order valence-electron chi connectivity index (χ3n) is 5.85. The summed E-state index contributed by atoms with van der Waals surface area (Å²) in [6, 6.07) is 4.04. The third kappa shape index (κ3) is 4.79. The van der Waals surface area contributed by atoms with Crippen LogP contribution in [0.25, 0.3) is 0 Å². The highest BCUT2D eigenvalue weighted by Gasteiger charge is 2.32. The Balaban J connectivity index is 1.78. The summed E-state index contributed by atoms with van der Waals surface area (Å²) in [5.74, 6) is -1.13. The van der Waals surface area contributed by atoms with Crippen molar-refractivity contribution in [2.45, 2.75) is 45.1 Å². The predicted molar refractivity (Wildman–Crippen MR) is 118 cm³/mol. The van der Waals surface area contributed by atoms with Crippen molar-refractivity contribution >= 4 is 31.6 Å². The summed E-state index contributed by atoms with van der Waals surface area (Å²) in [6.45, 7) is 6.21. The molecule has 0 bridgehead atoms. The number of nitrogens with zero attached hydrogens (tertiary/aromatic N) is 1. The van der Waals surface area contributed by atoms with E-state index in [2.05, 4.69) is 0 Å². The van der Waals surface area contributed by atoms with Gasteiger partial charge in [-0.3, -0.25) is 4.79 Å². The zero-order valence-corrected chi connectivity index (χ0v) is 20.0. The van der Waals surface area contributed by atoms with Crippen molar-refractivity contribution in [2.24, 2.45) is 5.14 Å². The minimum Gasteiger partial charge on any atom is -0.454 e. The molecule has 1 fully saturated rings. The molecule has 1 aliphatic heterocycles. The Kier molecular flexibility index (Phi) is 6.38. The number of ether oxygens (including phenoxy) is 1. The predicted octanol–water partition coefficient (Wildman–Crippen LogP) is 1.77. The maximum atomic E-state index is 12.7. The fraction of sp³-hybridized carbons (Fsp3) is 0.429. The number of aromatic nitrogens is 1. The van der Waals surface area contributed by atoms with Crippen molar-refractivity contribution < 1.29 is 31.2 Å². The van der Waals surface area contributed by atoms with E-state index >= 15 is 0 Å². The largest absolute Gasteiger partial charge is 0.454 e. The molecule has 1 atom stereocenters. The molecule has 0 amide bonds. The monoisotopic (exact) mass is 482 g/mol. The van der Waals surface area contributed by atoms with Crippen molar-refractivity contribution in [3.05, 3.63) is 51.8 Å². The van der Waals surface area contributed by atoms with Gasteiger partial charge in [0.2, 0.25) is 15.8 Å². The molecule has 1 aromatic heterocycles. The lowest BCUT2D eigenvalue weighted by Crippen LogP contribution is -2.18. The van der Waals surface area contributed by atoms with Gasteiger partial charge in [-0.2, -0.15) is 0 Å². The van der Waals surface area contributed by atoms with Crippen molar-refractivity contribution in [1.82, 2.24) is 4.57 Å². The zero-order valence-electron chi connectivity index (χ0n) is 18.3. The number of hydrogen-bond donors (Lipinski definition) is 1. The molecule has 11 heteroatoms. The molecular formula is C21H26N2O7S2. The Morgan fingerprint density at radius 2 is 1.81 bits per heavy atom. The Bertz CT molecular complexity index is 1320. The van der Waals surface area contributed by atoms with Gasteiger partial charge in [-0.25, -0.2) is 26.8 Å². The standard InChI is InChI=1S/C21H26N2O7S2/c1-12-7-16(9-20(14(12)3)32(22,28)29)21(25)30-10-19(24)18-8-13(2)23(15(18)4)17-5-6-31(26,27)11-17/h7-9,17H,5-6,10-11H2,1-4H3,(H2,22,28,29). The maximum absolute atomic E-state index is 12.7. The Morgan fingerprint density at radius 3 is 2.38 bits per heavy atom. The number of sulfonamides is 1. The molecule has 1 unspecified atom stereocenters. The first-order valence-corrected chi connectivity index (χ1v) is 13.3. The molecule has 1 aliphatic rings. The summed E-state index contributed by atoms with van der Waals surface area (Å²) in [5, 5.41) is 5.22. The van der Waals surface area contributed by atoms with Gasteiger partial charge in [-0.1, -0.05) is 0 Å². The maximum Gasteiger partial charge on any atom is 0.338 e. The number of esters is 1. The third-order valence-corrected chi connectivity index (χ3v) is 8.64. The molecule has 174 valence electrons. The number of Topliss-reactive ketones (excluding diaryl/α,β-unsaturated/α-hetero) is 1. The summed E-state index contributed by atoms with van der Waals surface area (Å²) in [7, 11) is -7.12. The lowest BCUT2D eigenvalue weighted by molar-refractivity contribution is 0.0474. The van der Waals surface area contributed by atoms with Crippen LogP contribution >= 0.6 is 0 Å². The molecule has 9 nitrogen and oxygen atoms in total. The molecule has 0 aliphatic carbocycles. The van der Waals surface area contributed by atoms with Gasteiger partial charge in [0, 0.05) is 23.0 Å². The van der Waals surface area contributed by atoms with Gasteiger partial charge in [0.25, 0.3) is 0 Å². The summed E-state index contributed by atoms with van der Waals surface area (Å²) in [5.41, 5.74) is 2.68. The van der Waals surface area contributed by atoms with Crippen LogP contribution in [0.5, 0.6) is 0 Å². The molecule has 0 radical (unpaired) electrons. The summed E-state index contributed by atoms with van der Waals surface area (Å²) >= 11 is 0. The van der Waals surface area contributed by atoms with Gasteiger partial charge in [-0.05, 0) is 63.4 Å². The van der Waals surface area contributed by atoms with E-state index in [9.17, 15) is 26.4 Å². The molecular weight excluding hydrogens is 456 g/mol. The zero-order chi connectivity index (χ0) is 24.0. The number of aryl methyl sites for hydroxylation is 2. The Hall–Kier alpha value is -2.50. The van der Waals surface area contributed by atoms with Crippen molar-refractivity contribution in [2.75, 3.05) is 18.1 Å². The van der Waals surface area contributed by atoms with Gasteiger partial charge in [0.05, 0.1) is 22.0 Å². The first-order chi connectivity index (χ1) is 14.7. The highest BCUT2D eigenvalue weighted by molar-refractivity contribution is 7.91. The van der Waals surface area contributed by atoms with Crippen LogP contribution in [-0.4, -0.2) is 51.3 Å². The fourth-order valence-corrected chi connectivity index (χ4v) is 6.71. The van der Waals surface area contributed by atoms with E-state index in [0.717, 1.165) is 11.8 Å². The number of benzene rings is 1. The lowest BCUT2D eigenvalue weighted by Gasteiger charge is -2.16. The second-order valence-corrected chi connectivity index (χ2v) is 11.9. The first-order valence-electron chi connectivity index (χ1n) is 9.94. The quantitative estimate of drug-likeness (QED) is 0.488. The normalized spacial score (nSPS) is 18.0. The van der Waals surface area contributed by atoms with Crippen LogP contribution in [-0.2, 0) is 24.6 Å². The number of carbonyl (C=O) groups excluding carboxylic acids is 2. The summed E-state index contributed by atoms with van der Waals surface area (Å²) in [6.07, 6.45) is 0.487. The minimum atomic E-state index is -4.03. The van der Waals surface area contributed by atoms with Crippen LogP contribution in [0.1, 0.15) is 55.7 Å².